The lowest BCUT2D eigenvalue weighted by Gasteiger charge is -2.17. The van der Waals surface area contributed by atoms with E-state index >= 15 is 0 Å². The third kappa shape index (κ3) is 2.52. The van der Waals surface area contributed by atoms with Gasteiger partial charge in [-0.1, -0.05) is 0 Å². The first kappa shape index (κ1) is 13.4. The van der Waals surface area contributed by atoms with Crippen molar-refractivity contribution in [1.29, 1.82) is 0 Å². The van der Waals surface area contributed by atoms with Gasteiger partial charge >= 0.3 is 0 Å². The lowest BCUT2D eigenvalue weighted by Crippen LogP contribution is -2.19. The van der Waals surface area contributed by atoms with Crippen molar-refractivity contribution in [2.75, 3.05) is 11.1 Å². The monoisotopic (exact) mass is 280 g/mol. The largest absolute Gasteiger partial charge is 0.399 e. The highest BCUT2D eigenvalue weighted by Crippen LogP contribution is 2.25. The highest BCUT2D eigenvalue weighted by Gasteiger charge is 2.17. The van der Waals surface area contributed by atoms with Crippen molar-refractivity contribution >= 4 is 23.1 Å². The lowest BCUT2D eigenvalue weighted by atomic mass is 9.95. The van der Waals surface area contributed by atoms with E-state index in [9.17, 15) is 9.59 Å². The van der Waals surface area contributed by atoms with Crippen molar-refractivity contribution < 1.29 is 9.59 Å². The summed E-state index contributed by atoms with van der Waals surface area (Å²) in [6, 6.07) is 10.7. The molecule has 1 aliphatic heterocycles. The third-order valence-corrected chi connectivity index (χ3v) is 3.79. The number of amides is 1. The minimum atomic E-state index is -0.0298. The number of nitrogens with two attached hydrogens (primary N) is 1. The Bertz CT molecular complexity index is 750. The molecule has 0 fully saturated rings. The first-order chi connectivity index (χ1) is 10.0. The molecular formula is C17H16N2O2. The number of hydrogen-bond donors (Lipinski definition) is 2. The molecule has 0 saturated carbocycles. The zero-order valence-electron chi connectivity index (χ0n) is 11.8. The Balaban J connectivity index is 1.95. The first-order valence-electron chi connectivity index (χ1n) is 6.88. The van der Waals surface area contributed by atoms with Crippen LogP contribution in [0.25, 0.3) is 0 Å². The second-order valence-electron chi connectivity index (χ2n) is 5.32. The Kier molecular flexibility index (Phi) is 3.22. The molecule has 0 saturated heterocycles. The van der Waals surface area contributed by atoms with Crippen LogP contribution in [0.3, 0.4) is 0 Å². The fourth-order valence-corrected chi connectivity index (χ4v) is 2.51. The smallest absolute Gasteiger partial charge is 0.224 e. The third-order valence-electron chi connectivity index (χ3n) is 3.79. The number of nitrogen functional groups attached to an aromatic ring is 1. The topological polar surface area (TPSA) is 72.2 Å². The molecule has 3 N–H and O–H groups in total. The predicted octanol–water partition coefficient (Wildman–Crippen LogP) is 2.69. The SMILES string of the molecule is Cc1cc(C(=O)c2ccc3c(c2)CCC(=O)N3)ccc1N. The molecule has 0 bridgehead atoms. The number of hydrogen-bond acceptors (Lipinski definition) is 3. The van der Waals surface area contributed by atoms with Crippen LogP contribution in [-0.4, -0.2) is 11.7 Å². The summed E-state index contributed by atoms with van der Waals surface area (Å²) in [6.07, 6.45) is 1.13. The summed E-state index contributed by atoms with van der Waals surface area (Å²) in [6.45, 7) is 1.88. The summed E-state index contributed by atoms with van der Waals surface area (Å²) in [5, 5.41) is 2.82. The van der Waals surface area contributed by atoms with Gasteiger partial charge in [-0.3, -0.25) is 9.59 Å². The molecule has 4 nitrogen and oxygen atoms in total. The molecule has 0 aromatic heterocycles. The maximum absolute atomic E-state index is 12.5. The molecule has 0 atom stereocenters. The molecule has 4 heteroatoms. The Morgan fingerprint density at radius 3 is 2.57 bits per heavy atom. The minimum absolute atomic E-state index is 0.0238. The van der Waals surface area contributed by atoms with Gasteiger partial charge in [0.25, 0.3) is 0 Å². The first-order valence-corrected chi connectivity index (χ1v) is 6.88. The van der Waals surface area contributed by atoms with Crippen molar-refractivity contribution in [2.24, 2.45) is 0 Å². The normalized spacial score (nSPS) is 13.5. The summed E-state index contributed by atoms with van der Waals surface area (Å²) in [5.41, 5.74) is 10.4. The van der Waals surface area contributed by atoms with Crippen LogP contribution < -0.4 is 11.1 Å². The summed E-state index contributed by atoms with van der Waals surface area (Å²) >= 11 is 0. The molecule has 0 spiro atoms. The number of anilines is 2. The van der Waals surface area contributed by atoms with Gasteiger partial charge in [-0.25, -0.2) is 0 Å². The average Bonchev–Trinajstić information content (AvgIpc) is 2.49. The van der Waals surface area contributed by atoms with Crippen LogP contribution >= 0.6 is 0 Å². The summed E-state index contributed by atoms with van der Waals surface area (Å²) in [5.74, 6) is -0.00599. The summed E-state index contributed by atoms with van der Waals surface area (Å²) in [7, 11) is 0. The fraction of sp³-hybridized carbons (Fsp3) is 0.176. The molecule has 2 aromatic rings. The number of nitrogens with one attached hydrogen (secondary N) is 1. The number of fused-ring (bicyclic) bond motifs is 1. The minimum Gasteiger partial charge on any atom is -0.399 e. The maximum Gasteiger partial charge on any atom is 0.224 e. The molecule has 0 unspecified atom stereocenters. The van der Waals surface area contributed by atoms with Crippen LogP contribution in [0.2, 0.25) is 0 Å². The number of carbonyl (C=O) groups is 2. The Morgan fingerprint density at radius 1 is 1.10 bits per heavy atom. The van der Waals surface area contributed by atoms with E-state index in [4.69, 9.17) is 5.73 Å². The highest BCUT2D eigenvalue weighted by molar-refractivity contribution is 6.10. The molecular weight excluding hydrogens is 264 g/mol. The number of ketones is 1. The lowest BCUT2D eigenvalue weighted by molar-refractivity contribution is -0.116. The molecule has 21 heavy (non-hydrogen) atoms. The molecule has 0 radical (unpaired) electrons. The zero-order chi connectivity index (χ0) is 15.0. The Labute approximate surface area is 123 Å². The van der Waals surface area contributed by atoms with Crippen molar-refractivity contribution in [3.8, 4) is 0 Å². The van der Waals surface area contributed by atoms with E-state index < -0.39 is 0 Å². The van der Waals surface area contributed by atoms with Gasteiger partial charge in [0.2, 0.25) is 5.91 Å². The van der Waals surface area contributed by atoms with Crippen LogP contribution in [0.4, 0.5) is 11.4 Å². The molecule has 3 rings (SSSR count). The van der Waals surface area contributed by atoms with E-state index in [1.165, 1.54) is 0 Å². The van der Waals surface area contributed by atoms with Gasteiger partial charge < -0.3 is 11.1 Å². The van der Waals surface area contributed by atoms with Gasteiger partial charge in [-0.15, -0.1) is 0 Å². The Hall–Kier alpha value is -2.62. The summed E-state index contributed by atoms with van der Waals surface area (Å²) < 4.78 is 0. The second kappa shape index (κ2) is 5.05. The van der Waals surface area contributed by atoms with Crippen molar-refractivity contribution in [3.05, 3.63) is 58.7 Å². The predicted molar refractivity (Wildman–Crippen MR) is 82.4 cm³/mol. The van der Waals surface area contributed by atoms with Gasteiger partial charge in [0.15, 0.2) is 5.78 Å². The fourth-order valence-electron chi connectivity index (χ4n) is 2.51. The van der Waals surface area contributed by atoms with Crippen molar-refractivity contribution in [1.82, 2.24) is 0 Å². The van der Waals surface area contributed by atoms with E-state index in [-0.39, 0.29) is 11.7 Å². The van der Waals surface area contributed by atoms with E-state index in [0.29, 0.717) is 29.7 Å². The number of carbonyl (C=O) groups excluding carboxylic acids is 2. The van der Waals surface area contributed by atoms with Crippen molar-refractivity contribution in [3.63, 3.8) is 0 Å². The molecule has 1 aliphatic rings. The van der Waals surface area contributed by atoms with E-state index in [2.05, 4.69) is 5.32 Å². The molecule has 106 valence electrons. The van der Waals surface area contributed by atoms with Gasteiger partial charge in [0.1, 0.15) is 0 Å². The van der Waals surface area contributed by atoms with Gasteiger partial charge in [-0.2, -0.15) is 0 Å². The van der Waals surface area contributed by atoms with Crippen molar-refractivity contribution in [2.45, 2.75) is 19.8 Å². The summed E-state index contributed by atoms with van der Waals surface area (Å²) in [4.78, 5) is 23.9. The van der Waals surface area contributed by atoms with Crippen LogP contribution in [0, 0.1) is 6.92 Å². The molecule has 1 amide bonds. The van der Waals surface area contributed by atoms with E-state index in [1.54, 1.807) is 30.3 Å². The standard InChI is InChI=1S/C17H16N2O2/c1-10-8-12(2-5-14(10)18)17(21)13-3-6-15-11(9-13)4-7-16(20)19-15/h2-3,5-6,8-9H,4,7,18H2,1H3,(H,19,20). The van der Waals surface area contributed by atoms with E-state index in [0.717, 1.165) is 16.8 Å². The molecule has 0 aliphatic carbocycles. The number of rotatable bonds is 2. The number of aryl methyl sites for hydroxylation is 2. The van der Waals surface area contributed by atoms with Gasteiger partial charge in [0, 0.05) is 28.9 Å². The molecule has 1 heterocycles. The maximum atomic E-state index is 12.5. The molecule has 2 aromatic carbocycles. The van der Waals surface area contributed by atoms with Gasteiger partial charge in [0.05, 0.1) is 0 Å². The van der Waals surface area contributed by atoms with Crippen LogP contribution in [0.1, 0.15) is 33.5 Å². The van der Waals surface area contributed by atoms with Crippen LogP contribution in [0.5, 0.6) is 0 Å². The van der Waals surface area contributed by atoms with Gasteiger partial charge in [-0.05, 0) is 60.9 Å². The highest BCUT2D eigenvalue weighted by atomic mass is 16.1. The quantitative estimate of drug-likeness (QED) is 0.656. The number of benzene rings is 2. The zero-order valence-corrected chi connectivity index (χ0v) is 11.8. The average molecular weight is 280 g/mol. The van der Waals surface area contributed by atoms with Crippen LogP contribution in [-0.2, 0) is 11.2 Å². The van der Waals surface area contributed by atoms with E-state index in [1.807, 2.05) is 13.0 Å². The Morgan fingerprint density at radius 2 is 1.81 bits per heavy atom. The van der Waals surface area contributed by atoms with Crippen LogP contribution in [0.15, 0.2) is 36.4 Å². The second-order valence-corrected chi connectivity index (χ2v) is 5.32.